The molecule has 1 aliphatic carbocycles. The van der Waals surface area contributed by atoms with E-state index >= 15 is 0 Å². The standard InChI is InChI=1S/C18H36N2O3S.CH5N/c1-5-14-19(2)15-8-6-7-9-16-23-18-12-10-17(11-13-18)20(3)24(4,21)22;1-2/h5,17-18H,1,6-16H2,2-4H3;2H2,1H3. The molecule has 0 spiro atoms. The monoisotopic (exact) mass is 391 g/mol. The Labute approximate surface area is 161 Å². The summed E-state index contributed by atoms with van der Waals surface area (Å²) >= 11 is 0. The highest BCUT2D eigenvalue weighted by Gasteiger charge is 2.28. The molecule has 0 heterocycles. The Bertz CT molecular complexity index is 449. The minimum absolute atomic E-state index is 0.146. The van der Waals surface area contributed by atoms with Crippen molar-refractivity contribution in [1.82, 2.24) is 9.21 Å². The fourth-order valence-electron chi connectivity index (χ4n) is 3.25. The number of nitrogens with two attached hydrogens (primary N) is 1. The molecule has 6 nitrogen and oxygen atoms in total. The molecule has 26 heavy (non-hydrogen) atoms. The Morgan fingerprint density at radius 1 is 1.08 bits per heavy atom. The summed E-state index contributed by atoms with van der Waals surface area (Å²) in [6.45, 7) is 6.67. The number of hydrogen-bond acceptors (Lipinski definition) is 5. The normalized spacial score (nSPS) is 20.7. The number of hydrogen-bond donors (Lipinski definition) is 1. The van der Waals surface area contributed by atoms with Crippen LogP contribution in [-0.4, -0.2) is 76.9 Å². The maximum Gasteiger partial charge on any atom is 0.211 e. The molecule has 0 aromatic heterocycles. The van der Waals surface area contributed by atoms with Crippen molar-refractivity contribution in [1.29, 1.82) is 0 Å². The van der Waals surface area contributed by atoms with Gasteiger partial charge in [0.2, 0.25) is 10.0 Å². The van der Waals surface area contributed by atoms with E-state index < -0.39 is 10.0 Å². The maximum atomic E-state index is 11.6. The fourth-order valence-corrected chi connectivity index (χ4v) is 4.00. The number of nitrogens with zero attached hydrogens (tertiary/aromatic N) is 2. The molecule has 1 rings (SSSR count). The molecule has 0 amide bonds. The third-order valence-electron chi connectivity index (χ3n) is 4.91. The van der Waals surface area contributed by atoms with Crippen LogP contribution in [-0.2, 0) is 14.8 Å². The van der Waals surface area contributed by atoms with Crippen LogP contribution in [0.4, 0.5) is 0 Å². The second-order valence-corrected chi connectivity index (χ2v) is 9.09. The van der Waals surface area contributed by atoms with Crippen molar-refractivity contribution in [2.75, 3.05) is 47.1 Å². The predicted molar refractivity (Wildman–Crippen MR) is 111 cm³/mol. The lowest BCUT2D eigenvalue weighted by Gasteiger charge is -2.33. The van der Waals surface area contributed by atoms with E-state index in [9.17, 15) is 8.42 Å². The molecule has 1 saturated carbocycles. The molecule has 7 heteroatoms. The van der Waals surface area contributed by atoms with Crippen LogP contribution in [0.5, 0.6) is 0 Å². The first-order valence-electron chi connectivity index (χ1n) is 9.76. The topological polar surface area (TPSA) is 75.9 Å². The highest BCUT2D eigenvalue weighted by atomic mass is 32.2. The van der Waals surface area contributed by atoms with Crippen molar-refractivity contribution in [2.24, 2.45) is 5.73 Å². The Morgan fingerprint density at radius 2 is 1.65 bits per heavy atom. The van der Waals surface area contributed by atoms with Crippen molar-refractivity contribution < 1.29 is 13.2 Å². The first-order chi connectivity index (χ1) is 12.3. The minimum Gasteiger partial charge on any atom is -0.378 e. The summed E-state index contributed by atoms with van der Waals surface area (Å²) in [5, 5.41) is 0. The van der Waals surface area contributed by atoms with E-state index in [0.717, 1.165) is 51.8 Å². The SMILES string of the molecule is C=CCN(C)CCCCCCOC1CCC(N(C)S(C)(=O)=O)CC1.CN. The number of rotatable bonds is 12. The van der Waals surface area contributed by atoms with E-state index in [1.54, 1.807) is 7.05 Å². The first-order valence-corrected chi connectivity index (χ1v) is 11.6. The molecule has 0 atom stereocenters. The summed E-state index contributed by atoms with van der Waals surface area (Å²) in [6, 6.07) is 0.146. The molecule has 0 bridgehead atoms. The van der Waals surface area contributed by atoms with Gasteiger partial charge in [-0.1, -0.05) is 18.9 Å². The number of ether oxygens (including phenoxy) is 1. The van der Waals surface area contributed by atoms with Crippen LogP contribution >= 0.6 is 0 Å². The molecule has 0 radical (unpaired) electrons. The van der Waals surface area contributed by atoms with E-state index in [0.29, 0.717) is 6.10 Å². The van der Waals surface area contributed by atoms with Crippen molar-refractivity contribution in [2.45, 2.75) is 63.5 Å². The highest BCUT2D eigenvalue weighted by molar-refractivity contribution is 7.88. The lowest BCUT2D eigenvalue weighted by Crippen LogP contribution is -2.40. The molecular formula is C19H41N3O3S. The van der Waals surface area contributed by atoms with Crippen LogP contribution in [0.25, 0.3) is 0 Å². The van der Waals surface area contributed by atoms with Gasteiger partial charge in [-0.05, 0) is 59.2 Å². The molecule has 1 fully saturated rings. The van der Waals surface area contributed by atoms with Gasteiger partial charge in [0.05, 0.1) is 12.4 Å². The zero-order valence-electron chi connectivity index (χ0n) is 17.3. The zero-order chi connectivity index (χ0) is 20.0. The Kier molecular flexibility index (Phi) is 14.3. The number of sulfonamides is 1. The van der Waals surface area contributed by atoms with Gasteiger partial charge in [-0.2, -0.15) is 0 Å². The molecule has 0 aromatic carbocycles. The molecule has 156 valence electrons. The molecule has 1 aliphatic rings. The van der Waals surface area contributed by atoms with E-state index in [4.69, 9.17) is 4.74 Å². The second-order valence-electron chi connectivity index (χ2n) is 7.05. The lowest BCUT2D eigenvalue weighted by molar-refractivity contribution is 0.0157. The number of unbranched alkanes of at least 4 members (excludes halogenated alkanes) is 3. The maximum absolute atomic E-state index is 11.6. The second kappa shape index (κ2) is 14.6. The minimum atomic E-state index is -3.08. The molecular weight excluding hydrogens is 350 g/mol. The van der Waals surface area contributed by atoms with E-state index in [1.165, 1.54) is 36.9 Å². The fraction of sp³-hybridized carbons (Fsp3) is 0.895. The van der Waals surface area contributed by atoms with Gasteiger partial charge in [0.25, 0.3) is 0 Å². The summed E-state index contributed by atoms with van der Waals surface area (Å²) in [5.41, 5.74) is 4.50. The summed E-state index contributed by atoms with van der Waals surface area (Å²) in [6.07, 6.45) is 12.1. The smallest absolute Gasteiger partial charge is 0.211 e. The number of likely N-dealkylation sites (N-methyl/N-ethyl adjacent to an activating group) is 1. The molecule has 0 unspecified atom stereocenters. The quantitative estimate of drug-likeness (QED) is 0.408. The van der Waals surface area contributed by atoms with Crippen molar-refractivity contribution >= 4 is 10.0 Å². The van der Waals surface area contributed by atoms with Crippen LogP contribution < -0.4 is 5.73 Å². The van der Waals surface area contributed by atoms with E-state index in [-0.39, 0.29) is 6.04 Å². The van der Waals surface area contributed by atoms with Crippen LogP contribution in [0, 0.1) is 0 Å². The zero-order valence-corrected chi connectivity index (χ0v) is 18.1. The van der Waals surface area contributed by atoms with Gasteiger partial charge in [-0.3, -0.25) is 0 Å². The van der Waals surface area contributed by atoms with Crippen LogP contribution in [0.2, 0.25) is 0 Å². The van der Waals surface area contributed by atoms with Crippen LogP contribution in [0.3, 0.4) is 0 Å². The van der Waals surface area contributed by atoms with Crippen molar-refractivity contribution in [3.8, 4) is 0 Å². The Hall–Kier alpha value is -0.470. The summed E-state index contributed by atoms with van der Waals surface area (Å²) < 4.78 is 30.6. The molecule has 0 aromatic rings. The molecule has 2 N–H and O–H groups in total. The largest absolute Gasteiger partial charge is 0.378 e. The molecule has 0 saturated heterocycles. The third kappa shape index (κ3) is 11.3. The van der Waals surface area contributed by atoms with Gasteiger partial charge in [-0.15, -0.1) is 6.58 Å². The lowest BCUT2D eigenvalue weighted by atomic mass is 9.93. The van der Waals surface area contributed by atoms with Crippen LogP contribution in [0.15, 0.2) is 12.7 Å². The summed E-state index contributed by atoms with van der Waals surface area (Å²) in [4.78, 5) is 2.29. The average molecular weight is 392 g/mol. The first kappa shape index (κ1) is 25.5. The Balaban J connectivity index is 0.00000301. The van der Waals surface area contributed by atoms with Gasteiger partial charge in [0.1, 0.15) is 0 Å². The van der Waals surface area contributed by atoms with Gasteiger partial charge < -0.3 is 15.4 Å². The van der Waals surface area contributed by atoms with Gasteiger partial charge in [-0.25, -0.2) is 12.7 Å². The van der Waals surface area contributed by atoms with Crippen molar-refractivity contribution in [3.05, 3.63) is 12.7 Å². The third-order valence-corrected chi connectivity index (χ3v) is 6.25. The molecule has 0 aliphatic heterocycles. The summed E-state index contributed by atoms with van der Waals surface area (Å²) in [5.74, 6) is 0. The van der Waals surface area contributed by atoms with Gasteiger partial charge in [0.15, 0.2) is 0 Å². The Morgan fingerprint density at radius 3 is 2.19 bits per heavy atom. The van der Waals surface area contributed by atoms with Crippen LogP contribution in [0.1, 0.15) is 51.4 Å². The predicted octanol–water partition coefficient (Wildman–Crippen LogP) is 2.46. The van der Waals surface area contributed by atoms with Crippen molar-refractivity contribution in [3.63, 3.8) is 0 Å². The summed E-state index contributed by atoms with van der Waals surface area (Å²) in [7, 11) is 2.24. The van der Waals surface area contributed by atoms with E-state index in [1.807, 2.05) is 6.08 Å². The average Bonchev–Trinajstić information content (AvgIpc) is 2.62. The highest BCUT2D eigenvalue weighted by Crippen LogP contribution is 2.25. The van der Waals surface area contributed by atoms with Gasteiger partial charge in [0, 0.05) is 26.2 Å². The van der Waals surface area contributed by atoms with Gasteiger partial charge >= 0.3 is 0 Å². The van der Waals surface area contributed by atoms with E-state index in [2.05, 4.69) is 24.3 Å².